The van der Waals surface area contributed by atoms with Crippen LogP contribution in [0, 0.1) is 0 Å². The lowest BCUT2D eigenvalue weighted by Gasteiger charge is -2.10. The maximum absolute atomic E-state index is 5.92. The van der Waals surface area contributed by atoms with Crippen molar-refractivity contribution in [2.75, 3.05) is 25.6 Å². The molecule has 0 amide bonds. The van der Waals surface area contributed by atoms with E-state index in [9.17, 15) is 0 Å². The largest absolute Gasteiger partial charge is 0.491 e. The van der Waals surface area contributed by atoms with Crippen LogP contribution in [0.3, 0.4) is 0 Å². The molecule has 0 radical (unpaired) electrons. The monoisotopic (exact) mass is 231 g/mol. The second kappa shape index (κ2) is 5.55. The van der Waals surface area contributed by atoms with Gasteiger partial charge in [-0.2, -0.15) is 0 Å². The van der Waals surface area contributed by atoms with Crippen LogP contribution in [-0.4, -0.2) is 19.8 Å². The molecule has 90 valence electrons. The summed E-state index contributed by atoms with van der Waals surface area (Å²) < 4.78 is 10.9. The van der Waals surface area contributed by atoms with Crippen LogP contribution in [0.2, 0.25) is 0 Å². The fraction of sp³-hybridized carbons (Fsp3) is 0.286. The van der Waals surface area contributed by atoms with E-state index in [4.69, 9.17) is 15.2 Å². The molecular formula is C14H17NO2. The van der Waals surface area contributed by atoms with Crippen molar-refractivity contribution in [1.29, 1.82) is 0 Å². The van der Waals surface area contributed by atoms with Gasteiger partial charge in [0, 0.05) is 23.1 Å². The zero-order chi connectivity index (χ0) is 12.1. The van der Waals surface area contributed by atoms with Crippen LogP contribution in [0.25, 0.3) is 10.8 Å². The van der Waals surface area contributed by atoms with Gasteiger partial charge < -0.3 is 15.2 Å². The van der Waals surface area contributed by atoms with Crippen LogP contribution in [-0.2, 0) is 4.74 Å². The topological polar surface area (TPSA) is 44.5 Å². The summed E-state index contributed by atoms with van der Waals surface area (Å²) in [6, 6.07) is 11.8. The van der Waals surface area contributed by atoms with E-state index in [1.165, 1.54) is 0 Å². The maximum atomic E-state index is 5.92. The molecular weight excluding hydrogens is 214 g/mol. The Labute approximate surface area is 101 Å². The SMILES string of the molecule is CCOCCOc1ccc(N)c2ccccc12. The summed E-state index contributed by atoms with van der Waals surface area (Å²) in [6.07, 6.45) is 0. The molecule has 0 heterocycles. The molecule has 0 aliphatic carbocycles. The van der Waals surface area contributed by atoms with Gasteiger partial charge in [-0.15, -0.1) is 0 Å². The Bertz CT molecular complexity index is 497. The van der Waals surface area contributed by atoms with E-state index in [1.54, 1.807) is 0 Å². The lowest BCUT2D eigenvalue weighted by atomic mass is 10.1. The molecule has 0 fully saturated rings. The summed E-state index contributed by atoms with van der Waals surface area (Å²) in [5.74, 6) is 0.856. The second-order valence-electron chi connectivity index (χ2n) is 3.74. The first kappa shape index (κ1) is 11.7. The molecule has 0 aromatic heterocycles. The van der Waals surface area contributed by atoms with Crippen molar-refractivity contribution in [3.8, 4) is 5.75 Å². The summed E-state index contributed by atoms with van der Waals surface area (Å²) in [7, 11) is 0. The standard InChI is InChI=1S/C14H17NO2/c1-2-16-9-10-17-14-8-7-13(15)11-5-3-4-6-12(11)14/h3-8H,2,9-10,15H2,1H3. The van der Waals surface area contributed by atoms with Crippen molar-refractivity contribution >= 4 is 16.5 Å². The number of fused-ring (bicyclic) bond motifs is 1. The van der Waals surface area contributed by atoms with Gasteiger partial charge in [-0.1, -0.05) is 24.3 Å². The molecule has 3 heteroatoms. The first-order chi connectivity index (χ1) is 8.33. The number of rotatable bonds is 5. The van der Waals surface area contributed by atoms with Gasteiger partial charge in [0.15, 0.2) is 0 Å². The number of anilines is 1. The van der Waals surface area contributed by atoms with E-state index >= 15 is 0 Å². The number of nitrogen functional groups attached to an aromatic ring is 1. The molecule has 2 aromatic carbocycles. The molecule has 3 nitrogen and oxygen atoms in total. The van der Waals surface area contributed by atoms with Crippen molar-refractivity contribution in [3.63, 3.8) is 0 Å². The van der Waals surface area contributed by atoms with Crippen LogP contribution < -0.4 is 10.5 Å². The van der Waals surface area contributed by atoms with Crippen LogP contribution in [0.5, 0.6) is 5.75 Å². The van der Waals surface area contributed by atoms with E-state index in [0.29, 0.717) is 19.8 Å². The quantitative estimate of drug-likeness (QED) is 0.635. The molecule has 0 aliphatic heterocycles. The van der Waals surface area contributed by atoms with Gasteiger partial charge in [0.25, 0.3) is 0 Å². The molecule has 0 spiro atoms. The summed E-state index contributed by atoms with van der Waals surface area (Å²) >= 11 is 0. The van der Waals surface area contributed by atoms with Crippen molar-refractivity contribution in [1.82, 2.24) is 0 Å². The molecule has 0 atom stereocenters. The fourth-order valence-corrected chi connectivity index (χ4v) is 1.78. The minimum absolute atomic E-state index is 0.557. The van der Waals surface area contributed by atoms with Gasteiger partial charge in [0.05, 0.1) is 6.61 Å². The van der Waals surface area contributed by atoms with Gasteiger partial charge in [0.2, 0.25) is 0 Å². The highest BCUT2D eigenvalue weighted by Crippen LogP contribution is 2.29. The third-order valence-electron chi connectivity index (χ3n) is 2.61. The predicted octanol–water partition coefficient (Wildman–Crippen LogP) is 2.84. The lowest BCUT2D eigenvalue weighted by Crippen LogP contribution is -2.06. The van der Waals surface area contributed by atoms with Crippen molar-refractivity contribution in [2.45, 2.75) is 6.92 Å². The zero-order valence-corrected chi connectivity index (χ0v) is 9.98. The van der Waals surface area contributed by atoms with Gasteiger partial charge in [0.1, 0.15) is 12.4 Å². The Morgan fingerprint density at radius 2 is 1.76 bits per heavy atom. The summed E-state index contributed by atoms with van der Waals surface area (Å²) in [5, 5.41) is 2.07. The molecule has 2 N–H and O–H groups in total. The van der Waals surface area contributed by atoms with E-state index in [0.717, 1.165) is 22.2 Å². The second-order valence-corrected chi connectivity index (χ2v) is 3.74. The highest BCUT2D eigenvalue weighted by atomic mass is 16.5. The van der Waals surface area contributed by atoms with E-state index in [-0.39, 0.29) is 0 Å². The minimum atomic E-state index is 0.557. The number of hydrogen-bond donors (Lipinski definition) is 1. The molecule has 0 bridgehead atoms. The normalized spacial score (nSPS) is 10.6. The zero-order valence-electron chi connectivity index (χ0n) is 9.98. The Kier molecular flexibility index (Phi) is 3.83. The molecule has 0 unspecified atom stereocenters. The summed E-state index contributed by atoms with van der Waals surface area (Å²) in [5.41, 5.74) is 6.70. The van der Waals surface area contributed by atoms with Crippen LogP contribution in [0.1, 0.15) is 6.92 Å². The molecule has 0 saturated carbocycles. The smallest absolute Gasteiger partial charge is 0.127 e. The van der Waals surface area contributed by atoms with E-state index < -0.39 is 0 Å². The average molecular weight is 231 g/mol. The number of benzene rings is 2. The van der Waals surface area contributed by atoms with Crippen LogP contribution in [0.15, 0.2) is 36.4 Å². The van der Waals surface area contributed by atoms with Gasteiger partial charge in [-0.05, 0) is 19.1 Å². The minimum Gasteiger partial charge on any atom is -0.491 e. The number of hydrogen-bond acceptors (Lipinski definition) is 3. The highest BCUT2D eigenvalue weighted by Gasteiger charge is 2.04. The summed E-state index contributed by atoms with van der Waals surface area (Å²) in [4.78, 5) is 0. The number of ether oxygens (including phenoxy) is 2. The third kappa shape index (κ3) is 2.68. The average Bonchev–Trinajstić information content (AvgIpc) is 2.37. The van der Waals surface area contributed by atoms with Gasteiger partial charge in [-0.3, -0.25) is 0 Å². The molecule has 2 rings (SSSR count). The number of nitrogens with two attached hydrogens (primary N) is 1. The first-order valence-corrected chi connectivity index (χ1v) is 5.80. The Hall–Kier alpha value is -1.74. The molecule has 0 aliphatic rings. The third-order valence-corrected chi connectivity index (χ3v) is 2.61. The lowest BCUT2D eigenvalue weighted by molar-refractivity contribution is 0.111. The van der Waals surface area contributed by atoms with E-state index in [1.807, 2.05) is 43.3 Å². The predicted molar refractivity (Wildman–Crippen MR) is 70.3 cm³/mol. The highest BCUT2D eigenvalue weighted by molar-refractivity contribution is 5.96. The summed E-state index contributed by atoms with van der Waals surface area (Å²) in [6.45, 7) is 3.85. The molecule has 2 aromatic rings. The Balaban J connectivity index is 2.20. The van der Waals surface area contributed by atoms with Gasteiger partial charge in [-0.25, -0.2) is 0 Å². The first-order valence-electron chi connectivity index (χ1n) is 5.80. The van der Waals surface area contributed by atoms with Crippen molar-refractivity contribution < 1.29 is 9.47 Å². The van der Waals surface area contributed by atoms with Crippen molar-refractivity contribution in [3.05, 3.63) is 36.4 Å². The fourth-order valence-electron chi connectivity index (χ4n) is 1.78. The maximum Gasteiger partial charge on any atom is 0.127 e. The Morgan fingerprint density at radius 1 is 1.00 bits per heavy atom. The molecule has 0 saturated heterocycles. The Morgan fingerprint density at radius 3 is 2.53 bits per heavy atom. The van der Waals surface area contributed by atoms with E-state index in [2.05, 4.69) is 0 Å². The molecule has 17 heavy (non-hydrogen) atoms. The van der Waals surface area contributed by atoms with Gasteiger partial charge >= 0.3 is 0 Å². The van der Waals surface area contributed by atoms with Crippen LogP contribution in [0.4, 0.5) is 5.69 Å². The van der Waals surface area contributed by atoms with Crippen molar-refractivity contribution in [2.24, 2.45) is 0 Å². The van der Waals surface area contributed by atoms with Crippen LogP contribution >= 0.6 is 0 Å².